The zero-order chi connectivity index (χ0) is 20.2. The van der Waals surface area contributed by atoms with Crippen LogP contribution in [0.3, 0.4) is 0 Å². The summed E-state index contributed by atoms with van der Waals surface area (Å²) in [5, 5.41) is 2.99. The first kappa shape index (κ1) is 19.0. The number of hydrogen-bond acceptors (Lipinski definition) is 3. The van der Waals surface area contributed by atoms with E-state index in [9.17, 15) is 4.79 Å². The van der Waals surface area contributed by atoms with Crippen molar-refractivity contribution < 1.29 is 4.79 Å². The Morgan fingerprint density at radius 3 is 2.55 bits per heavy atom. The lowest BCUT2D eigenvalue weighted by atomic mass is 10.1. The fraction of sp³-hybridized carbons (Fsp3) is 0.0833. The molecule has 1 amide bonds. The van der Waals surface area contributed by atoms with Gasteiger partial charge in [0.05, 0.1) is 21.8 Å². The Kier molecular flexibility index (Phi) is 5.49. The number of pyridine rings is 1. The number of aliphatic imine (C=N–C) groups is 1. The zero-order valence-corrected chi connectivity index (χ0v) is 17.1. The first-order valence-electron chi connectivity index (χ1n) is 9.42. The Labute approximate surface area is 173 Å². The number of carbonyl (C=O) groups excluding carboxylic acids is 1. The van der Waals surface area contributed by atoms with E-state index in [1.165, 1.54) is 0 Å². The number of carbonyl (C=O) groups is 1. The molecule has 0 bridgehead atoms. The second-order valence-electron chi connectivity index (χ2n) is 6.39. The second-order valence-corrected chi connectivity index (χ2v) is 8.10. The van der Waals surface area contributed by atoms with Crippen LogP contribution in [0.2, 0.25) is 0 Å². The van der Waals surface area contributed by atoms with E-state index in [4.69, 9.17) is 4.99 Å². The number of nitrogens with zero attached hydrogens (tertiary/aromatic N) is 3. The van der Waals surface area contributed by atoms with Gasteiger partial charge in [-0.1, -0.05) is 47.1 Å². The third-order valence-corrected chi connectivity index (χ3v) is 6.55. The Morgan fingerprint density at radius 1 is 0.966 bits per heavy atom. The minimum Gasteiger partial charge on any atom is -0.266 e. The van der Waals surface area contributed by atoms with E-state index >= 15 is 0 Å². The van der Waals surface area contributed by atoms with E-state index < -0.39 is 10.7 Å². The van der Waals surface area contributed by atoms with Gasteiger partial charge in [-0.15, -0.1) is 0 Å². The summed E-state index contributed by atoms with van der Waals surface area (Å²) in [7, 11) is -0.535. The van der Waals surface area contributed by atoms with Crippen LogP contribution in [0, 0.1) is 0 Å². The Hall–Kier alpha value is -3.31. The van der Waals surface area contributed by atoms with Crippen molar-refractivity contribution in [3.05, 3.63) is 90.5 Å². The molecule has 4 rings (SSSR count). The van der Waals surface area contributed by atoms with Crippen LogP contribution in [0.15, 0.2) is 95.5 Å². The number of para-hydroxylation sites is 1. The SMILES string of the molecule is C/C=C\C1=S(/C=C\C)N(c2ccccc2)C(=O)C1=Nc1cccc2ncccc12. The zero-order valence-electron chi connectivity index (χ0n) is 16.3. The molecule has 1 atom stereocenters. The van der Waals surface area contributed by atoms with Gasteiger partial charge in [0, 0.05) is 11.6 Å². The van der Waals surface area contributed by atoms with Crippen LogP contribution in [0.25, 0.3) is 10.9 Å². The highest BCUT2D eigenvalue weighted by Gasteiger charge is 2.34. The third kappa shape index (κ3) is 3.57. The van der Waals surface area contributed by atoms with E-state index in [0.717, 1.165) is 27.1 Å². The molecule has 0 saturated carbocycles. The number of amides is 1. The first-order valence-corrected chi connectivity index (χ1v) is 10.7. The lowest BCUT2D eigenvalue weighted by molar-refractivity contribution is -0.111. The fourth-order valence-corrected chi connectivity index (χ4v) is 5.20. The summed E-state index contributed by atoms with van der Waals surface area (Å²) in [6.07, 6.45) is 7.70. The minimum atomic E-state index is -0.535. The molecule has 1 aliphatic heterocycles. The number of anilines is 1. The van der Waals surface area contributed by atoms with Crippen LogP contribution in [0.1, 0.15) is 13.8 Å². The van der Waals surface area contributed by atoms with Crippen LogP contribution in [0.4, 0.5) is 11.4 Å². The molecular formula is C24H21N3OS. The molecule has 5 heteroatoms. The molecular weight excluding hydrogens is 378 g/mol. The molecule has 29 heavy (non-hydrogen) atoms. The normalized spacial score (nSPS) is 18.8. The summed E-state index contributed by atoms with van der Waals surface area (Å²) in [6.45, 7) is 3.93. The minimum absolute atomic E-state index is 0.0911. The number of aromatic nitrogens is 1. The van der Waals surface area contributed by atoms with Gasteiger partial charge in [0.25, 0.3) is 5.91 Å². The lowest BCUT2D eigenvalue weighted by Crippen LogP contribution is -2.27. The maximum atomic E-state index is 13.5. The maximum absolute atomic E-state index is 13.5. The van der Waals surface area contributed by atoms with Gasteiger partial charge in [0.15, 0.2) is 0 Å². The van der Waals surface area contributed by atoms with E-state index in [1.54, 1.807) is 6.20 Å². The van der Waals surface area contributed by atoms with E-state index in [0.29, 0.717) is 5.71 Å². The predicted octanol–water partition coefficient (Wildman–Crippen LogP) is 5.82. The number of fused-ring (bicyclic) bond motifs is 1. The summed E-state index contributed by atoms with van der Waals surface area (Å²) < 4.78 is 1.83. The number of hydrogen-bond donors (Lipinski definition) is 0. The average molecular weight is 400 g/mol. The first-order chi connectivity index (χ1) is 14.2. The summed E-state index contributed by atoms with van der Waals surface area (Å²) in [5.74, 6) is -0.0911. The molecule has 1 aromatic heterocycles. The van der Waals surface area contributed by atoms with Crippen molar-refractivity contribution in [3.8, 4) is 0 Å². The molecule has 0 aliphatic carbocycles. The van der Waals surface area contributed by atoms with Crippen LogP contribution >= 0.6 is 10.7 Å². The highest BCUT2D eigenvalue weighted by atomic mass is 32.2. The molecule has 144 valence electrons. The van der Waals surface area contributed by atoms with E-state index in [2.05, 4.69) is 10.4 Å². The summed E-state index contributed by atoms with van der Waals surface area (Å²) in [5.41, 5.74) is 2.95. The summed E-state index contributed by atoms with van der Waals surface area (Å²) in [6, 6.07) is 19.4. The quantitative estimate of drug-likeness (QED) is 0.410. The summed E-state index contributed by atoms with van der Waals surface area (Å²) in [4.78, 5) is 23.7. The molecule has 0 fully saturated rings. The average Bonchev–Trinajstić information content (AvgIpc) is 3.00. The lowest BCUT2D eigenvalue weighted by Gasteiger charge is -2.18. The predicted molar refractivity (Wildman–Crippen MR) is 125 cm³/mol. The van der Waals surface area contributed by atoms with E-state index in [1.807, 2.05) is 97.0 Å². The monoisotopic (exact) mass is 399 g/mol. The molecule has 1 aliphatic rings. The van der Waals surface area contributed by atoms with Gasteiger partial charge in [-0.3, -0.25) is 14.1 Å². The van der Waals surface area contributed by atoms with Gasteiger partial charge in [0.1, 0.15) is 5.71 Å². The van der Waals surface area contributed by atoms with Crippen molar-refractivity contribution >= 4 is 49.4 Å². The highest BCUT2D eigenvalue weighted by Crippen LogP contribution is 2.37. The molecule has 4 nitrogen and oxygen atoms in total. The summed E-state index contributed by atoms with van der Waals surface area (Å²) >= 11 is 0. The van der Waals surface area contributed by atoms with Gasteiger partial charge in [-0.05, 0) is 61.7 Å². The topological polar surface area (TPSA) is 45.6 Å². The van der Waals surface area contributed by atoms with Crippen molar-refractivity contribution in [2.45, 2.75) is 13.8 Å². The van der Waals surface area contributed by atoms with Crippen molar-refractivity contribution in [3.63, 3.8) is 0 Å². The van der Waals surface area contributed by atoms with E-state index in [-0.39, 0.29) is 5.91 Å². The smallest absolute Gasteiger partial charge is 0.266 e. The molecule has 0 saturated heterocycles. The number of allylic oxidation sites excluding steroid dienone is 3. The van der Waals surface area contributed by atoms with Gasteiger partial charge < -0.3 is 0 Å². The molecule has 0 radical (unpaired) electrons. The largest absolute Gasteiger partial charge is 0.288 e. The highest BCUT2D eigenvalue weighted by molar-refractivity contribution is 8.22. The standard InChI is InChI=1S/C24H21N3OS/c1-3-10-22-23(26-21-15-8-14-20-19(21)13-9-16-25-20)24(28)27(29(22)17-4-2)18-11-6-5-7-12-18/h3-17H,1-2H3/b10-3-,17-4-,26-23?. The van der Waals surface area contributed by atoms with Crippen LogP contribution in [-0.2, 0) is 4.79 Å². The second kappa shape index (κ2) is 8.37. The molecule has 1 unspecified atom stereocenters. The van der Waals surface area contributed by atoms with Crippen molar-refractivity contribution in [1.29, 1.82) is 0 Å². The molecule has 3 aromatic rings. The van der Waals surface area contributed by atoms with Crippen LogP contribution < -0.4 is 4.31 Å². The third-order valence-electron chi connectivity index (χ3n) is 4.47. The molecule has 2 aromatic carbocycles. The molecule has 2 heterocycles. The van der Waals surface area contributed by atoms with Crippen LogP contribution in [0.5, 0.6) is 0 Å². The Morgan fingerprint density at radius 2 is 1.79 bits per heavy atom. The maximum Gasteiger partial charge on any atom is 0.288 e. The van der Waals surface area contributed by atoms with Crippen molar-refractivity contribution in [1.82, 2.24) is 4.98 Å². The van der Waals surface area contributed by atoms with Crippen LogP contribution in [-0.4, -0.2) is 21.5 Å². The van der Waals surface area contributed by atoms with Gasteiger partial charge >= 0.3 is 0 Å². The van der Waals surface area contributed by atoms with Gasteiger partial charge in [0.2, 0.25) is 0 Å². The number of benzene rings is 2. The van der Waals surface area contributed by atoms with Gasteiger partial charge in [-0.2, -0.15) is 0 Å². The van der Waals surface area contributed by atoms with Gasteiger partial charge in [-0.25, -0.2) is 4.99 Å². The Balaban J connectivity index is 1.94. The number of rotatable bonds is 4. The van der Waals surface area contributed by atoms with Crippen molar-refractivity contribution in [2.24, 2.45) is 4.99 Å². The molecule has 0 spiro atoms. The Bertz CT molecular complexity index is 1190. The molecule has 0 N–H and O–H groups in total. The van der Waals surface area contributed by atoms with Crippen molar-refractivity contribution in [2.75, 3.05) is 4.31 Å². The fourth-order valence-electron chi connectivity index (χ4n) is 3.25.